The van der Waals surface area contributed by atoms with Crippen molar-refractivity contribution in [1.29, 1.82) is 5.26 Å². The molecule has 0 saturated heterocycles. The van der Waals surface area contributed by atoms with E-state index < -0.39 is 0 Å². The van der Waals surface area contributed by atoms with Crippen molar-refractivity contribution in [3.8, 4) is 17.6 Å². The molecule has 2 heterocycles. The molecule has 96 valence electrons. The van der Waals surface area contributed by atoms with Gasteiger partial charge in [-0.05, 0) is 17.7 Å². The van der Waals surface area contributed by atoms with Crippen LogP contribution in [0.1, 0.15) is 17.0 Å². The van der Waals surface area contributed by atoms with Crippen LogP contribution in [-0.4, -0.2) is 20.1 Å². The zero-order valence-electron chi connectivity index (χ0n) is 10.4. The van der Waals surface area contributed by atoms with Crippen molar-refractivity contribution >= 4 is 0 Å². The maximum atomic E-state index is 8.74. The van der Waals surface area contributed by atoms with E-state index in [2.05, 4.69) is 26.2 Å². The van der Waals surface area contributed by atoms with E-state index >= 15 is 0 Å². The Hall–Kier alpha value is -3.07. The van der Waals surface area contributed by atoms with Gasteiger partial charge >= 0.3 is 0 Å². The van der Waals surface area contributed by atoms with Crippen LogP contribution in [-0.2, 0) is 6.42 Å². The number of aromatic nitrogens is 4. The monoisotopic (exact) mass is 263 g/mol. The molecule has 20 heavy (non-hydrogen) atoms. The van der Waals surface area contributed by atoms with Gasteiger partial charge in [0.1, 0.15) is 5.69 Å². The Labute approximate surface area is 114 Å². The first-order valence-corrected chi connectivity index (χ1v) is 5.93. The molecule has 2 aromatic heterocycles. The number of rotatable bonds is 3. The minimum Gasteiger partial charge on any atom is -0.339 e. The topological polar surface area (TPSA) is 88.5 Å². The van der Waals surface area contributed by atoms with Crippen LogP contribution in [0.25, 0.3) is 11.5 Å². The molecule has 0 saturated carbocycles. The standard InChI is InChI=1S/C14H9N5O/c15-8-11-3-1-10(2-4-11)7-13-18-14(19-20-13)12-9-16-5-6-17-12/h1-6,9H,7H2. The second-order valence-electron chi connectivity index (χ2n) is 4.09. The molecule has 0 fully saturated rings. The lowest BCUT2D eigenvalue weighted by atomic mass is 10.1. The molecule has 0 spiro atoms. The lowest BCUT2D eigenvalue weighted by molar-refractivity contribution is 0.385. The van der Waals surface area contributed by atoms with Gasteiger partial charge in [0.2, 0.25) is 11.7 Å². The predicted molar refractivity (Wildman–Crippen MR) is 69.3 cm³/mol. The molecule has 0 aliphatic rings. The molecule has 3 rings (SSSR count). The van der Waals surface area contributed by atoms with Gasteiger partial charge in [0.05, 0.1) is 24.3 Å². The number of benzene rings is 1. The van der Waals surface area contributed by atoms with Crippen molar-refractivity contribution < 1.29 is 4.52 Å². The largest absolute Gasteiger partial charge is 0.339 e. The Morgan fingerprint density at radius 2 is 2.00 bits per heavy atom. The third-order valence-electron chi connectivity index (χ3n) is 2.70. The summed E-state index contributed by atoms with van der Waals surface area (Å²) in [6, 6.07) is 9.33. The molecule has 6 heteroatoms. The van der Waals surface area contributed by atoms with E-state index in [4.69, 9.17) is 9.78 Å². The summed E-state index contributed by atoms with van der Waals surface area (Å²) in [4.78, 5) is 12.3. The zero-order chi connectivity index (χ0) is 13.8. The first-order chi connectivity index (χ1) is 9.85. The molecule has 6 nitrogen and oxygen atoms in total. The van der Waals surface area contributed by atoms with Crippen LogP contribution < -0.4 is 0 Å². The zero-order valence-corrected chi connectivity index (χ0v) is 10.4. The van der Waals surface area contributed by atoms with Crippen molar-refractivity contribution in [3.63, 3.8) is 0 Å². The average molecular weight is 263 g/mol. The van der Waals surface area contributed by atoms with Crippen LogP contribution in [0, 0.1) is 11.3 Å². The van der Waals surface area contributed by atoms with E-state index in [1.807, 2.05) is 12.1 Å². The molecular formula is C14H9N5O. The van der Waals surface area contributed by atoms with E-state index in [0.29, 0.717) is 29.4 Å². The van der Waals surface area contributed by atoms with Gasteiger partial charge in [-0.2, -0.15) is 10.2 Å². The second kappa shape index (κ2) is 5.28. The quantitative estimate of drug-likeness (QED) is 0.718. The van der Waals surface area contributed by atoms with Crippen LogP contribution >= 0.6 is 0 Å². The first kappa shape index (κ1) is 12.0. The average Bonchev–Trinajstić information content (AvgIpc) is 2.97. The predicted octanol–water partition coefficient (Wildman–Crippen LogP) is 1.99. The van der Waals surface area contributed by atoms with Gasteiger partial charge in [-0.1, -0.05) is 17.3 Å². The number of hydrogen-bond acceptors (Lipinski definition) is 6. The Bertz CT molecular complexity index is 743. The highest BCUT2D eigenvalue weighted by atomic mass is 16.5. The normalized spacial score (nSPS) is 10.2. The Morgan fingerprint density at radius 3 is 2.70 bits per heavy atom. The van der Waals surface area contributed by atoms with Crippen molar-refractivity contribution in [2.24, 2.45) is 0 Å². The molecule has 1 aromatic carbocycles. The van der Waals surface area contributed by atoms with E-state index in [1.165, 1.54) is 0 Å². The summed E-state index contributed by atoms with van der Waals surface area (Å²) >= 11 is 0. The third-order valence-corrected chi connectivity index (χ3v) is 2.70. The van der Waals surface area contributed by atoms with Gasteiger partial charge in [0, 0.05) is 12.4 Å². The van der Waals surface area contributed by atoms with Crippen molar-refractivity contribution in [2.45, 2.75) is 6.42 Å². The number of hydrogen-bond donors (Lipinski definition) is 0. The summed E-state index contributed by atoms with van der Waals surface area (Å²) < 4.78 is 5.19. The van der Waals surface area contributed by atoms with Crippen molar-refractivity contribution in [2.75, 3.05) is 0 Å². The molecule has 0 atom stereocenters. The van der Waals surface area contributed by atoms with Crippen molar-refractivity contribution in [3.05, 3.63) is 59.9 Å². The summed E-state index contributed by atoms with van der Waals surface area (Å²) in [5, 5.41) is 12.6. The summed E-state index contributed by atoms with van der Waals surface area (Å²) in [6.45, 7) is 0. The van der Waals surface area contributed by atoms with Gasteiger partial charge in [-0.3, -0.25) is 4.98 Å². The fourth-order valence-electron chi connectivity index (χ4n) is 1.72. The fourth-order valence-corrected chi connectivity index (χ4v) is 1.72. The lowest BCUT2D eigenvalue weighted by Gasteiger charge is -1.95. The Kier molecular flexibility index (Phi) is 3.17. The van der Waals surface area contributed by atoms with Crippen LogP contribution in [0.4, 0.5) is 0 Å². The maximum Gasteiger partial charge on any atom is 0.231 e. The Balaban J connectivity index is 1.79. The van der Waals surface area contributed by atoms with Gasteiger partial charge in [0.25, 0.3) is 0 Å². The number of nitriles is 1. The van der Waals surface area contributed by atoms with Gasteiger partial charge < -0.3 is 4.52 Å². The van der Waals surface area contributed by atoms with Gasteiger partial charge in [0.15, 0.2) is 0 Å². The molecule has 0 N–H and O–H groups in total. The summed E-state index contributed by atoms with van der Waals surface area (Å²) in [6.07, 6.45) is 5.25. The minimum atomic E-state index is 0.418. The molecule has 0 unspecified atom stereocenters. The van der Waals surface area contributed by atoms with Crippen LogP contribution in [0.5, 0.6) is 0 Å². The molecule has 0 bridgehead atoms. The molecule has 0 aliphatic carbocycles. The van der Waals surface area contributed by atoms with Gasteiger partial charge in [-0.25, -0.2) is 4.98 Å². The van der Waals surface area contributed by atoms with E-state index in [0.717, 1.165) is 5.56 Å². The maximum absolute atomic E-state index is 8.74. The second-order valence-corrected chi connectivity index (χ2v) is 4.09. The van der Waals surface area contributed by atoms with Crippen LogP contribution in [0.15, 0.2) is 47.4 Å². The molecule has 3 aromatic rings. The highest BCUT2D eigenvalue weighted by Crippen LogP contribution is 2.14. The number of nitrogens with zero attached hydrogens (tertiary/aromatic N) is 5. The summed E-state index contributed by atoms with van der Waals surface area (Å²) in [7, 11) is 0. The lowest BCUT2D eigenvalue weighted by Crippen LogP contribution is -1.90. The first-order valence-electron chi connectivity index (χ1n) is 5.93. The highest BCUT2D eigenvalue weighted by Gasteiger charge is 2.10. The SMILES string of the molecule is N#Cc1ccc(Cc2nc(-c3cnccn3)no2)cc1. The van der Waals surface area contributed by atoms with E-state index in [1.54, 1.807) is 30.7 Å². The molecule has 0 radical (unpaired) electrons. The minimum absolute atomic E-state index is 0.418. The smallest absolute Gasteiger partial charge is 0.231 e. The summed E-state index contributed by atoms with van der Waals surface area (Å²) in [5.41, 5.74) is 2.19. The van der Waals surface area contributed by atoms with Crippen LogP contribution in [0.3, 0.4) is 0 Å². The van der Waals surface area contributed by atoms with E-state index in [9.17, 15) is 0 Å². The Morgan fingerprint density at radius 1 is 1.15 bits per heavy atom. The van der Waals surface area contributed by atoms with Gasteiger partial charge in [-0.15, -0.1) is 0 Å². The molecule has 0 aliphatic heterocycles. The molecule has 0 amide bonds. The summed E-state index contributed by atoms with van der Waals surface area (Å²) in [5.74, 6) is 0.914. The molecular weight excluding hydrogens is 254 g/mol. The van der Waals surface area contributed by atoms with Crippen LogP contribution in [0.2, 0.25) is 0 Å². The fraction of sp³-hybridized carbons (Fsp3) is 0.0714. The third kappa shape index (κ3) is 2.52. The highest BCUT2D eigenvalue weighted by molar-refractivity contribution is 5.45. The van der Waals surface area contributed by atoms with E-state index in [-0.39, 0.29) is 0 Å². The van der Waals surface area contributed by atoms with Crippen molar-refractivity contribution in [1.82, 2.24) is 20.1 Å².